The van der Waals surface area contributed by atoms with Gasteiger partial charge in [0.05, 0.1) is 29.7 Å². The molecule has 2 heterocycles. The minimum atomic E-state index is -0.542. The van der Waals surface area contributed by atoms with E-state index in [0.717, 1.165) is 25.6 Å². The van der Waals surface area contributed by atoms with Crippen molar-refractivity contribution < 1.29 is 19.1 Å². The molecular weight excluding hydrogens is 504 g/mol. The standard InChI is InChI=1S/C21H20Br2N2O4/c1-28-19-13-8-15-21(27)24(9-12-6-4-3-5-7-12)11-16(26)25(15)10-14(13)20(29-2)18(23)17(19)22/h3-7,15H,8-11H2,1-2H3. The molecule has 2 aliphatic heterocycles. The summed E-state index contributed by atoms with van der Waals surface area (Å²) >= 11 is 7.10. The molecule has 0 aliphatic carbocycles. The van der Waals surface area contributed by atoms with E-state index in [-0.39, 0.29) is 18.4 Å². The number of methoxy groups -OCH3 is 2. The van der Waals surface area contributed by atoms with Crippen molar-refractivity contribution in [3.8, 4) is 11.5 Å². The second-order valence-corrected chi connectivity index (χ2v) is 8.66. The summed E-state index contributed by atoms with van der Waals surface area (Å²) in [6.07, 6.45) is 0.386. The Labute approximate surface area is 186 Å². The van der Waals surface area contributed by atoms with Gasteiger partial charge in [-0.25, -0.2) is 0 Å². The van der Waals surface area contributed by atoms with Gasteiger partial charge in [-0.15, -0.1) is 0 Å². The van der Waals surface area contributed by atoms with Crippen LogP contribution >= 0.6 is 31.9 Å². The molecule has 1 unspecified atom stereocenters. The van der Waals surface area contributed by atoms with Crippen LogP contribution < -0.4 is 9.47 Å². The highest BCUT2D eigenvalue weighted by Crippen LogP contribution is 2.48. The summed E-state index contributed by atoms with van der Waals surface area (Å²) in [5.74, 6) is 1.21. The van der Waals surface area contributed by atoms with Crippen LogP contribution in [0.25, 0.3) is 0 Å². The molecule has 0 saturated carbocycles. The van der Waals surface area contributed by atoms with Crippen LogP contribution in [0.15, 0.2) is 39.3 Å². The highest BCUT2D eigenvalue weighted by Gasteiger charge is 2.44. The van der Waals surface area contributed by atoms with E-state index in [2.05, 4.69) is 31.9 Å². The smallest absolute Gasteiger partial charge is 0.246 e. The van der Waals surface area contributed by atoms with E-state index in [1.54, 1.807) is 24.0 Å². The summed E-state index contributed by atoms with van der Waals surface area (Å²) in [5, 5.41) is 0. The van der Waals surface area contributed by atoms with Gasteiger partial charge in [0.25, 0.3) is 0 Å². The lowest BCUT2D eigenvalue weighted by atomic mass is 9.90. The first-order valence-corrected chi connectivity index (χ1v) is 10.8. The van der Waals surface area contributed by atoms with Crippen LogP contribution in [-0.2, 0) is 29.1 Å². The van der Waals surface area contributed by atoms with Gasteiger partial charge in [-0.1, -0.05) is 30.3 Å². The van der Waals surface area contributed by atoms with Crippen LogP contribution in [0.1, 0.15) is 16.7 Å². The third-order valence-electron chi connectivity index (χ3n) is 5.47. The monoisotopic (exact) mass is 522 g/mol. The lowest BCUT2D eigenvalue weighted by molar-refractivity contribution is -0.157. The fourth-order valence-corrected chi connectivity index (χ4v) is 5.26. The lowest BCUT2D eigenvalue weighted by Gasteiger charge is -2.44. The van der Waals surface area contributed by atoms with Gasteiger partial charge in [-0.05, 0) is 37.4 Å². The molecule has 29 heavy (non-hydrogen) atoms. The van der Waals surface area contributed by atoms with Crippen LogP contribution in [0.4, 0.5) is 0 Å². The number of rotatable bonds is 4. The van der Waals surface area contributed by atoms with Gasteiger partial charge in [-0.3, -0.25) is 9.59 Å². The molecule has 0 spiro atoms. The molecule has 2 amide bonds. The highest BCUT2D eigenvalue weighted by atomic mass is 79.9. The zero-order valence-electron chi connectivity index (χ0n) is 16.1. The van der Waals surface area contributed by atoms with Crippen LogP contribution in [0.5, 0.6) is 11.5 Å². The molecule has 6 nitrogen and oxygen atoms in total. The summed E-state index contributed by atoms with van der Waals surface area (Å²) in [6, 6.07) is 9.18. The molecule has 0 aromatic heterocycles. The molecule has 1 fully saturated rings. The molecule has 4 rings (SSSR count). The van der Waals surface area contributed by atoms with Gasteiger partial charge in [-0.2, -0.15) is 0 Å². The molecule has 0 bridgehead atoms. The Kier molecular flexibility index (Phi) is 5.57. The van der Waals surface area contributed by atoms with Crippen LogP contribution in [0.2, 0.25) is 0 Å². The maximum Gasteiger partial charge on any atom is 0.246 e. The maximum absolute atomic E-state index is 13.3. The minimum absolute atomic E-state index is 0.0424. The normalized spacial score (nSPS) is 18.4. The zero-order chi connectivity index (χ0) is 20.7. The zero-order valence-corrected chi connectivity index (χ0v) is 19.2. The average molecular weight is 524 g/mol. The third kappa shape index (κ3) is 3.42. The van der Waals surface area contributed by atoms with Crippen molar-refractivity contribution in [1.82, 2.24) is 9.80 Å². The molecule has 2 aromatic rings. The molecule has 0 radical (unpaired) electrons. The fourth-order valence-electron chi connectivity index (χ4n) is 4.09. The first-order chi connectivity index (χ1) is 14.0. The number of fused-ring (bicyclic) bond motifs is 2. The predicted molar refractivity (Wildman–Crippen MR) is 115 cm³/mol. The summed E-state index contributed by atoms with van der Waals surface area (Å²) in [4.78, 5) is 29.5. The number of benzene rings is 2. The summed E-state index contributed by atoms with van der Waals surface area (Å²) in [7, 11) is 3.19. The largest absolute Gasteiger partial charge is 0.495 e. The Morgan fingerprint density at radius 3 is 2.21 bits per heavy atom. The number of carbonyl (C=O) groups is 2. The van der Waals surface area contributed by atoms with E-state index in [0.29, 0.717) is 31.0 Å². The fraction of sp³-hybridized carbons (Fsp3) is 0.333. The van der Waals surface area contributed by atoms with Crippen molar-refractivity contribution in [1.29, 1.82) is 0 Å². The van der Waals surface area contributed by atoms with Crippen molar-refractivity contribution in [2.45, 2.75) is 25.6 Å². The van der Waals surface area contributed by atoms with E-state index >= 15 is 0 Å². The molecule has 1 saturated heterocycles. The second-order valence-electron chi connectivity index (χ2n) is 7.07. The van der Waals surface area contributed by atoms with Crippen molar-refractivity contribution in [3.05, 3.63) is 56.0 Å². The van der Waals surface area contributed by atoms with Crippen molar-refractivity contribution >= 4 is 43.7 Å². The van der Waals surface area contributed by atoms with Gasteiger partial charge in [0.2, 0.25) is 11.8 Å². The maximum atomic E-state index is 13.3. The number of nitrogens with zero attached hydrogens (tertiary/aromatic N) is 2. The van der Waals surface area contributed by atoms with E-state index in [9.17, 15) is 9.59 Å². The van der Waals surface area contributed by atoms with Crippen molar-refractivity contribution in [2.24, 2.45) is 0 Å². The molecule has 1 atom stereocenters. The number of piperazine rings is 1. The SMILES string of the molecule is COc1c(Br)c(Br)c(OC)c2c1CC1C(=O)N(Cc3ccccc3)CC(=O)N1C2. The van der Waals surface area contributed by atoms with Gasteiger partial charge < -0.3 is 19.3 Å². The Balaban J connectivity index is 1.71. The first kappa shape index (κ1) is 20.2. The van der Waals surface area contributed by atoms with Gasteiger partial charge in [0, 0.05) is 24.1 Å². The third-order valence-corrected chi connectivity index (χ3v) is 7.52. The van der Waals surface area contributed by atoms with E-state index in [1.165, 1.54) is 0 Å². The minimum Gasteiger partial charge on any atom is -0.495 e. The molecule has 8 heteroatoms. The van der Waals surface area contributed by atoms with Crippen LogP contribution in [-0.4, -0.2) is 48.4 Å². The number of carbonyl (C=O) groups excluding carboxylic acids is 2. The predicted octanol–water partition coefficient (Wildman–Crippen LogP) is 3.52. The number of hydrogen-bond acceptors (Lipinski definition) is 4. The summed E-state index contributed by atoms with van der Waals surface area (Å²) in [5.41, 5.74) is 2.76. The number of ether oxygens (including phenoxy) is 2. The van der Waals surface area contributed by atoms with Gasteiger partial charge in [0.1, 0.15) is 24.1 Å². The summed E-state index contributed by atoms with van der Waals surface area (Å²) < 4.78 is 12.7. The molecule has 2 aromatic carbocycles. The molecule has 0 N–H and O–H groups in total. The van der Waals surface area contributed by atoms with E-state index < -0.39 is 6.04 Å². The van der Waals surface area contributed by atoms with Crippen LogP contribution in [0.3, 0.4) is 0 Å². The highest BCUT2D eigenvalue weighted by molar-refractivity contribution is 9.13. The Morgan fingerprint density at radius 1 is 0.966 bits per heavy atom. The van der Waals surface area contributed by atoms with E-state index in [1.807, 2.05) is 30.3 Å². The topological polar surface area (TPSA) is 59.1 Å². The number of hydrogen-bond donors (Lipinski definition) is 0. The van der Waals surface area contributed by atoms with Gasteiger partial charge >= 0.3 is 0 Å². The Morgan fingerprint density at radius 2 is 1.59 bits per heavy atom. The summed E-state index contributed by atoms with van der Waals surface area (Å²) in [6.45, 7) is 0.818. The molecule has 152 valence electrons. The number of halogens is 2. The first-order valence-electron chi connectivity index (χ1n) is 9.19. The molecular formula is C21H20Br2N2O4. The molecule has 2 aliphatic rings. The van der Waals surface area contributed by atoms with Crippen molar-refractivity contribution in [2.75, 3.05) is 20.8 Å². The van der Waals surface area contributed by atoms with Crippen LogP contribution in [0, 0.1) is 0 Å². The average Bonchev–Trinajstić information content (AvgIpc) is 2.73. The Hall–Kier alpha value is -2.06. The van der Waals surface area contributed by atoms with Gasteiger partial charge in [0.15, 0.2) is 0 Å². The Bertz CT molecular complexity index is 981. The second kappa shape index (κ2) is 7.99. The van der Waals surface area contributed by atoms with Crippen molar-refractivity contribution in [3.63, 3.8) is 0 Å². The lowest BCUT2D eigenvalue weighted by Crippen LogP contribution is -2.61. The van der Waals surface area contributed by atoms with E-state index in [4.69, 9.17) is 9.47 Å². The number of amides is 2. The quantitative estimate of drug-likeness (QED) is 0.615.